The number of carbonyl (C=O) groups is 2. The molecule has 11 nitrogen and oxygen atoms in total. The zero-order chi connectivity index (χ0) is 25.1. The van der Waals surface area contributed by atoms with E-state index in [4.69, 9.17) is 4.74 Å². The van der Waals surface area contributed by atoms with Crippen LogP contribution in [0.5, 0.6) is 0 Å². The molecule has 2 aliphatic rings. The summed E-state index contributed by atoms with van der Waals surface area (Å²) in [5, 5.41) is 17.2. The normalized spacial score (nSPS) is 19.6. The number of amides is 2. The second-order valence-electron chi connectivity index (χ2n) is 9.24. The molecule has 190 valence electrons. The van der Waals surface area contributed by atoms with Gasteiger partial charge >= 0.3 is 0 Å². The van der Waals surface area contributed by atoms with E-state index in [1.165, 1.54) is 30.1 Å². The standard InChI is InChI=1S/C24H29FN8O3/c1-36-13-22(34)30-16-6-4-15(5-7-16)29-21-10-19(28-14-2-3-14)23-27-12-20(33(23)32-21)24(35)31-18-8-9-26-11-17(18)25/h8-12,14-16,28H,2-7,13H2,1H3,(H,29,32)(H,30,34)(H,26,31,35)/t15-,16-. The van der Waals surface area contributed by atoms with Crippen LogP contribution < -0.4 is 21.3 Å². The summed E-state index contributed by atoms with van der Waals surface area (Å²) >= 11 is 0. The van der Waals surface area contributed by atoms with Gasteiger partial charge in [0, 0.05) is 37.5 Å². The molecule has 0 radical (unpaired) electrons. The number of nitrogens with zero attached hydrogens (tertiary/aromatic N) is 4. The lowest BCUT2D eigenvalue weighted by molar-refractivity contribution is -0.125. The maximum atomic E-state index is 14.0. The van der Waals surface area contributed by atoms with Crippen LogP contribution >= 0.6 is 0 Å². The molecule has 2 saturated carbocycles. The van der Waals surface area contributed by atoms with Gasteiger partial charge in [-0.1, -0.05) is 0 Å². The van der Waals surface area contributed by atoms with Gasteiger partial charge in [0.2, 0.25) is 5.91 Å². The minimum Gasteiger partial charge on any atom is -0.379 e. The Morgan fingerprint density at radius 2 is 1.78 bits per heavy atom. The first-order valence-corrected chi connectivity index (χ1v) is 12.1. The van der Waals surface area contributed by atoms with E-state index >= 15 is 0 Å². The van der Waals surface area contributed by atoms with Gasteiger partial charge < -0.3 is 26.0 Å². The molecule has 0 aromatic carbocycles. The summed E-state index contributed by atoms with van der Waals surface area (Å²) in [7, 11) is 1.50. The first kappa shape index (κ1) is 23.9. The molecule has 0 aliphatic heterocycles. The zero-order valence-corrected chi connectivity index (χ0v) is 20.0. The van der Waals surface area contributed by atoms with Gasteiger partial charge in [0.15, 0.2) is 17.2 Å². The molecular formula is C24H29FN8O3. The Balaban J connectivity index is 1.33. The Morgan fingerprint density at radius 3 is 2.50 bits per heavy atom. The van der Waals surface area contributed by atoms with E-state index in [0.717, 1.165) is 50.4 Å². The maximum Gasteiger partial charge on any atom is 0.276 e. The number of pyridine rings is 1. The molecule has 12 heteroatoms. The molecule has 0 spiro atoms. The van der Waals surface area contributed by atoms with Crippen molar-refractivity contribution in [3.63, 3.8) is 0 Å². The molecule has 5 rings (SSSR count). The predicted molar refractivity (Wildman–Crippen MR) is 131 cm³/mol. The van der Waals surface area contributed by atoms with Crippen LogP contribution in [0.25, 0.3) is 5.65 Å². The highest BCUT2D eigenvalue weighted by Gasteiger charge is 2.26. The van der Waals surface area contributed by atoms with Crippen LogP contribution in [0.4, 0.5) is 21.6 Å². The highest BCUT2D eigenvalue weighted by Crippen LogP contribution is 2.30. The maximum absolute atomic E-state index is 14.0. The van der Waals surface area contributed by atoms with Crippen molar-refractivity contribution in [1.82, 2.24) is 24.9 Å². The Labute approximate surface area is 207 Å². The topological polar surface area (TPSA) is 135 Å². The Hall–Kier alpha value is -3.80. The van der Waals surface area contributed by atoms with Gasteiger partial charge in [0.05, 0.1) is 23.8 Å². The molecule has 0 bridgehead atoms. The Kier molecular flexibility index (Phi) is 6.94. The molecule has 2 fully saturated rings. The third-order valence-corrected chi connectivity index (χ3v) is 6.38. The van der Waals surface area contributed by atoms with Crippen molar-refractivity contribution >= 4 is 34.7 Å². The lowest BCUT2D eigenvalue weighted by Crippen LogP contribution is -2.41. The predicted octanol–water partition coefficient (Wildman–Crippen LogP) is 2.58. The van der Waals surface area contributed by atoms with Crippen molar-refractivity contribution in [1.29, 1.82) is 0 Å². The molecule has 3 aromatic rings. The molecule has 3 aromatic heterocycles. The SMILES string of the molecule is COCC(=O)N[C@H]1CC[C@H](Nc2cc(NC3CC3)c3ncc(C(=O)Nc4ccncc4F)n3n2)CC1. The van der Waals surface area contributed by atoms with E-state index in [1.807, 2.05) is 6.07 Å². The number of hydrogen-bond donors (Lipinski definition) is 4. The molecule has 0 saturated heterocycles. The number of nitrogens with one attached hydrogen (secondary N) is 4. The summed E-state index contributed by atoms with van der Waals surface area (Å²) in [5.74, 6) is -0.643. The average Bonchev–Trinajstić information content (AvgIpc) is 3.57. The van der Waals surface area contributed by atoms with Gasteiger partial charge in [0.1, 0.15) is 12.4 Å². The van der Waals surface area contributed by atoms with E-state index in [-0.39, 0.29) is 36.0 Å². The van der Waals surface area contributed by atoms with Crippen molar-refractivity contribution in [3.05, 3.63) is 42.2 Å². The fourth-order valence-corrected chi connectivity index (χ4v) is 4.40. The third-order valence-electron chi connectivity index (χ3n) is 6.38. The van der Waals surface area contributed by atoms with Crippen LogP contribution in [-0.4, -0.2) is 63.2 Å². The van der Waals surface area contributed by atoms with Crippen LogP contribution in [-0.2, 0) is 9.53 Å². The second kappa shape index (κ2) is 10.4. The van der Waals surface area contributed by atoms with Crippen LogP contribution in [0, 0.1) is 5.82 Å². The molecule has 3 heterocycles. The summed E-state index contributed by atoms with van der Waals surface area (Å²) in [6, 6.07) is 3.98. The highest BCUT2D eigenvalue weighted by atomic mass is 19.1. The lowest BCUT2D eigenvalue weighted by atomic mass is 9.91. The Bertz CT molecular complexity index is 1250. The summed E-state index contributed by atoms with van der Waals surface area (Å²) < 4.78 is 20.4. The number of carbonyl (C=O) groups excluding carboxylic acids is 2. The van der Waals surface area contributed by atoms with Crippen LogP contribution in [0.3, 0.4) is 0 Å². The highest BCUT2D eigenvalue weighted by molar-refractivity contribution is 6.03. The van der Waals surface area contributed by atoms with Gasteiger partial charge in [-0.05, 0) is 44.6 Å². The largest absolute Gasteiger partial charge is 0.379 e. The summed E-state index contributed by atoms with van der Waals surface area (Å²) in [4.78, 5) is 32.9. The smallest absolute Gasteiger partial charge is 0.276 e. The summed E-state index contributed by atoms with van der Waals surface area (Å²) in [6.07, 6.45) is 9.45. The van der Waals surface area contributed by atoms with Crippen molar-refractivity contribution in [2.75, 3.05) is 29.7 Å². The molecule has 36 heavy (non-hydrogen) atoms. The van der Waals surface area contributed by atoms with Gasteiger partial charge in [-0.15, -0.1) is 5.10 Å². The molecular weight excluding hydrogens is 467 g/mol. The van der Waals surface area contributed by atoms with Crippen LogP contribution in [0.2, 0.25) is 0 Å². The van der Waals surface area contributed by atoms with Crippen molar-refractivity contribution in [2.24, 2.45) is 0 Å². The third kappa shape index (κ3) is 5.54. The van der Waals surface area contributed by atoms with Gasteiger partial charge in [-0.3, -0.25) is 14.6 Å². The number of imidazole rings is 1. The van der Waals surface area contributed by atoms with Crippen LogP contribution in [0.1, 0.15) is 49.0 Å². The van der Waals surface area contributed by atoms with E-state index in [1.54, 1.807) is 0 Å². The number of halogens is 1. The monoisotopic (exact) mass is 496 g/mol. The number of methoxy groups -OCH3 is 1. The van der Waals surface area contributed by atoms with Crippen LogP contribution in [0.15, 0.2) is 30.7 Å². The molecule has 2 aliphatic carbocycles. The van der Waals surface area contributed by atoms with Crippen molar-refractivity contribution in [2.45, 2.75) is 56.7 Å². The first-order valence-electron chi connectivity index (χ1n) is 12.1. The van der Waals surface area contributed by atoms with E-state index < -0.39 is 11.7 Å². The number of aromatic nitrogens is 4. The molecule has 0 atom stereocenters. The van der Waals surface area contributed by atoms with E-state index in [9.17, 15) is 14.0 Å². The lowest BCUT2D eigenvalue weighted by Gasteiger charge is -2.30. The number of anilines is 3. The number of rotatable bonds is 9. The first-order chi connectivity index (χ1) is 17.5. The number of ether oxygens (including phenoxy) is 1. The molecule has 0 unspecified atom stereocenters. The molecule has 4 N–H and O–H groups in total. The summed E-state index contributed by atoms with van der Waals surface area (Å²) in [6.45, 7) is 0.0630. The number of hydrogen-bond acceptors (Lipinski definition) is 8. The van der Waals surface area contributed by atoms with E-state index in [0.29, 0.717) is 17.5 Å². The number of fused-ring (bicyclic) bond motifs is 1. The van der Waals surface area contributed by atoms with Crippen molar-refractivity contribution < 1.29 is 18.7 Å². The quantitative estimate of drug-likeness (QED) is 0.355. The Morgan fingerprint density at radius 1 is 1.06 bits per heavy atom. The summed E-state index contributed by atoms with van der Waals surface area (Å²) in [5.41, 5.74) is 1.53. The van der Waals surface area contributed by atoms with Gasteiger partial charge in [-0.2, -0.15) is 0 Å². The van der Waals surface area contributed by atoms with Crippen molar-refractivity contribution in [3.8, 4) is 0 Å². The zero-order valence-electron chi connectivity index (χ0n) is 20.0. The van der Waals surface area contributed by atoms with Gasteiger partial charge in [0.25, 0.3) is 5.91 Å². The van der Waals surface area contributed by atoms with Gasteiger partial charge in [-0.25, -0.2) is 13.9 Å². The minimum absolute atomic E-state index is 0.0323. The second-order valence-corrected chi connectivity index (χ2v) is 9.24. The fraction of sp³-hybridized carbons (Fsp3) is 0.458. The molecule has 2 amide bonds. The average molecular weight is 497 g/mol. The van der Waals surface area contributed by atoms with E-state index in [2.05, 4.69) is 36.3 Å². The minimum atomic E-state index is -0.625. The fourth-order valence-electron chi connectivity index (χ4n) is 4.40.